The van der Waals surface area contributed by atoms with Crippen molar-refractivity contribution in [2.45, 2.75) is 70.1 Å². The summed E-state index contributed by atoms with van der Waals surface area (Å²) in [5.74, 6) is 2.19. The van der Waals surface area contributed by atoms with Crippen molar-refractivity contribution in [1.29, 1.82) is 0 Å². The van der Waals surface area contributed by atoms with Gasteiger partial charge in [-0.25, -0.2) is 0 Å². The second-order valence-corrected chi connectivity index (χ2v) is 8.39. The normalized spacial score (nSPS) is 22.2. The van der Waals surface area contributed by atoms with Crippen LogP contribution in [0.1, 0.15) is 58.8 Å². The van der Waals surface area contributed by atoms with Gasteiger partial charge in [0.25, 0.3) is 0 Å². The van der Waals surface area contributed by atoms with E-state index in [1.807, 2.05) is 0 Å². The first kappa shape index (κ1) is 16.6. The van der Waals surface area contributed by atoms with Crippen molar-refractivity contribution in [2.24, 2.45) is 5.92 Å². The van der Waals surface area contributed by atoms with Crippen LogP contribution in [0.4, 0.5) is 0 Å². The van der Waals surface area contributed by atoms with E-state index in [0.29, 0.717) is 0 Å². The lowest BCUT2D eigenvalue weighted by atomic mass is 10.1. The highest BCUT2D eigenvalue weighted by Gasteiger charge is 2.22. The molecule has 0 aromatic heterocycles. The first-order valence-electron chi connectivity index (χ1n) is 8.82. The first-order chi connectivity index (χ1) is 9.75. The fourth-order valence-corrected chi connectivity index (χ4v) is 4.71. The molecule has 1 saturated heterocycles. The molecule has 2 aliphatic rings. The van der Waals surface area contributed by atoms with Crippen LogP contribution in [0.5, 0.6) is 0 Å². The molecule has 0 spiro atoms. The van der Waals surface area contributed by atoms with E-state index < -0.39 is 0 Å². The predicted molar refractivity (Wildman–Crippen MR) is 91.6 cm³/mol. The van der Waals surface area contributed by atoms with Crippen LogP contribution in [0, 0.1) is 5.92 Å². The topological polar surface area (TPSA) is 15.3 Å². The average molecular weight is 299 g/mol. The largest absolute Gasteiger partial charge is 0.317 e. The Kier molecular flexibility index (Phi) is 7.75. The predicted octanol–water partition coefficient (Wildman–Crippen LogP) is 3.76. The van der Waals surface area contributed by atoms with Crippen LogP contribution in [-0.2, 0) is 0 Å². The van der Waals surface area contributed by atoms with E-state index in [4.69, 9.17) is 0 Å². The molecule has 2 rings (SSSR count). The van der Waals surface area contributed by atoms with Crippen molar-refractivity contribution in [3.8, 4) is 0 Å². The SMILES string of the molecule is CC(C)CCN(CCSC1CCNCC1)C1CCCC1. The number of thioether (sulfide) groups is 1. The van der Waals surface area contributed by atoms with Gasteiger partial charge in [0.15, 0.2) is 0 Å². The quantitative estimate of drug-likeness (QED) is 0.734. The zero-order valence-electron chi connectivity index (χ0n) is 13.6. The molecule has 0 aromatic rings. The maximum Gasteiger partial charge on any atom is 0.00955 e. The molecule has 0 bridgehead atoms. The van der Waals surface area contributed by atoms with E-state index in [1.165, 1.54) is 76.9 Å². The highest BCUT2D eigenvalue weighted by atomic mass is 32.2. The lowest BCUT2D eigenvalue weighted by Crippen LogP contribution is -2.37. The van der Waals surface area contributed by atoms with Gasteiger partial charge in [-0.1, -0.05) is 26.7 Å². The Morgan fingerprint density at radius 2 is 1.75 bits per heavy atom. The molecule has 2 fully saturated rings. The molecule has 118 valence electrons. The summed E-state index contributed by atoms with van der Waals surface area (Å²) in [6.07, 6.45) is 9.95. The molecule has 1 heterocycles. The summed E-state index contributed by atoms with van der Waals surface area (Å²) < 4.78 is 0. The van der Waals surface area contributed by atoms with Crippen LogP contribution < -0.4 is 5.32 Å². The first-order valence-corrected chi connectivity index (χ1v) is 9.87. The van der Waals surface area contributed by atoms with Crippen LogP contribution in [0.3, 0.4) is 0 Å². The monoisotopic (exact) mass is 298 g/mol. The lowest BCUT2D eigenvalue weighted by Gasteiger charge is -2.30. The maximum atomic E-state index is 3.47. The van der Waals surface area contributed by atoms with Gasteiger partial charge < -0.3 is 5.32 Å². The van der Waals surface area contributed by atoms with Crippen molar-refractivity contribution in [1.82, 2.24) is 10.2 Å². The van der Waals surface area contributed by atoms with Gasteiger partial charge in [0.05, 0.1) is 0 Å². The third-order valence-electron chi connectivity index (χ3n) is 4.85. The molecule has 1 N–H and O–H groups in total. The highest BCUT2D eigenvalue weighted by molar-refractivity contribution is 7.99. The summed E-state index contributed by atoms with van der Waals surface area (Å²) in [5.41, 5.74) is 0. The number of nitrogens with one attached hydrogen (secondary N) is 1. The Bertz CT molecular complexity index is 245. The van der Waals surface area contributed by atoms with Crippen molar-refractivity contribution in [2.75, 3.05) is 31.9 Å². The second kappa shape index (κ2) is 9.32. The third kappa shape index (κ3) is 5.95. The standard InChI is InChI=1S/C17H34N2S/c1-15(2)9-12-19(16-5-3-4-6-16)13-14-20-17-7-10-18-11-8-17/h15-18H,3-14H2,1-2H3. The summed E-state index contributed by atoms with van der Waals surface area (Å²) in [7, 11) is 0. The van der Waals surface area contributed by atoms with E-state index in [9.17, 15) is 0 Å². The number of hydrogen-bond acceptors (Lipinski definition) is 3. The molecular formula is C17H34N2S. The fourth-order valence-electron chi connectivity index (χ4n) is 3.47. The van der Waals surface area contributed by atoms with Crippen molar-refractivity contribution >= 4 is 11.8 Å². The summed E-state index contributed by atoms with van der Waals surface area (Å²) in [4.78, 5) is 2.82. The fraction of sp³-hybridized carbons (Fsp3) is 1.00. The van der Waals surface area contributed by atoms with Gasteiger partial charge in [-0.05, 0) is 57.7 Å². The molecule has 0 unspecified atom stereocenters. The van der Waals surface area contributed by atoms with Crippen LogP contribution in [0.2, 0.25) is 0 Å². The Hall–Kier alpha value is 0.270. The average Bonchev–Trinajstić information content (AvgIpc) is 2.97. The van der Waals surface area contributed by atoms with E-state index in [1.54, 1.807) is 0 Å². The van der Waals surface area contributed by atoms with Gasteiger partial charge in [-0.3, -0.25) is 4.90 Å². The lowest BCUT2D eigenvalue weighted by molar-refractivity contribution is 0.199. The summed E-state index contributed by atoms with van der Waals surface area (Å²) in [6, 6.07) is 0.905. The molecule has 1 aliphatic carbocycles. The Morgan fingerprint density at radius 1 is 1.05 bits per heavy atom. The van der Waals surface area contributed by atoms with Gasteiger partial charge in [-0.15, -0.1) is 0 Å². The molecule has 0 radical (unpaired) electrons. The molecule has 0 atom stereocenters. The van der Waals surface area contributed by atoms with Crippen molar-refractivity contribution in [3.63, 3.8) is 0 Å². The van der Waals surface area contributed by atoms with Gasteiger partial charge in [0.2, 0.25) is 0 Å². The number of hydrogen-bond donors (Lipinski definition) is 1. The van der Waals surface area contributed by atoms with Gasteiger partial charge in [0.1, 0.15) is 0 Å². The maximum absolute atomic E-state index is 3.47. The Labute approximate surface area is 130 Å². The molecule has 3 heteroatoms. The zero-order chi connectivity index (χ0) is 14.2. The smallest absolute Gasteiger partial charge is 0.00955 e. The minimum atomic E-state index is 0.843. The summed E-state index contributed by atoms with van der Waals surface area (Å²) in [5, 5.41) is 4.39. The molecule has 1 saturated carbocycles. The van der Waals surface area contributed by atoms with Gasteiger partial charge >= 0.3 is 0 Å². The highest BCUT2D eigenvalue weighted by Crippen LogP contribution is 2.26. The number of rotatable bonds is 8. The van der Waals surface area contributed by atoms with E-state index in [-0.39, 0.29) is 0 Å². The summed E-state index contributed by atoms with van der Waals surface area (Å²) in [6.45, 7) is 9.84. The van der Waals surface area contributed by atoms with E-state index in [0.717, 1.165) is 17.2 Å². The van der Waals surface area contributed by atoms with Gasteiger partial charge in [-0.2, -0.15) is 11.8 Å². The zero-order valence-corrected chi connectivity index (χ0v) is 14.4. The molecule has 0 aromatic carbocycles. The van der Waals surface area contributed by atoms with E-state index in [2.05, 4.69) is 35.8 Å². The third-order valence-corrected chi connectivity index (χ3v) is 6.21. The molecule has 0 amide bonds. The van der Waals surface area contributed by atoms with Crippen LogP contribution in [0.15, 0.2) is 0 Å². The number of nitrogens with zero attached hydrogens (tertiary/aromatic N) is 1. The molecule has 20 heavy (non-hydrogen) atoms. The Morgan fingerprint density at radius 3 is 2.40 bits per heavy atom. The van der Waals surface area contributed by atoms with Crippen LogP contribution in [-0.4, -0.2) is 48.1 Å². The molecule has 2 nitrogen and oxygen atoms in total. The van der Waals surface area contributed by atoms with Crippen molar-refractivity contribution in [3.05, 3.63) is 0 Å². The minimum absolute atomic E-state index is 0.843. The van der Waals surface area contributed by atoms with Crippen molar-refractivity contribution < 1.29 is 0 Å². The van der Waals surface area contributed by atoms with Crippen LogP contribution >= 0.6 is 11.8 Å². The van der Waals surface area contributed by atoms with E-state index >= 15 is 0 Å². The van der Waals surface area contributed by atoms with Gasteiger partial charge in [0, 0.05) is 23.6 Å². The summed E-state index contributed by atoms with van der Waals surface area (Å²) >= 11 is 2.24. The Balaban J connectivity index is 1.68. The molecule has 1 aliphatic heterocycles. The van der Waals surface area contributed by atoms with Crippen LogP contribution in [0.25, 0.3) is 0 Å². The second-order valence-electron chi connectivity index (χ2n) is 6.98. The minimum Gasteiger partial charge on any atom is -0.317 e. The molecular weight excluding hydrogens is 264 g/mol. The number of piperidine rings is 1.